The Hall–Kier alpha value is -3.01. The zero-order valence-electron chi connectivity index (χ0n) is 21.6. The number of carbonyl (C=O) groups excluding carboxylic acids is 2. The lowest BCUT2D eigenvalue weighted by Gasteiger charge is -2.28. The average molecular weight is 528 g/mol. The molecule has 8 nitrogen and oxygen atoms in total. The molecule has 3 aliphatic heterocycles. The van der Waals surface area contributed by atoms with Crippen molar-refractivity contribution >= 4 is 11.7 Å². The summed E-state index contributed by atoms with van der Waals surface area (Å²) in [4.78, 5) is 25.9. The van der Waals surface area contributed by atoms with Gasteiger partial charge in [-0.05, 0) is 55.0 Å². The Morgan fingerprint density at radius 2 is 2.03 bits per heavy atom. The number of hydrogen-bond acceptors (Lipinski definition) is 7. The highest BCUT2D eigenvalue weighted by Gasteiger charge is 2.30. The maximum Gasteiger partial charge on any atom is 0.255 e. The van der Waals surface area contributed by atoms with Crippen LogP contribution < -0.4 is 14.8 Å². The van der Waals surface area contributed by atoms with E-state index >= 15 is 0 Å². The molecule has 0 radical (unpaired) electrons. The fourth-order valence-electron chi connectivity index (χ4n) is 5.51. The van der Waals surface area contributed by atoms with Gasteiger partial charge in [-0.25, -0.2) is 4.39 Å². The number of halogens is 1. The van der Waals surface area contributed by atoms with Gasteiger partial charge in [-0.2, -0.15) is 0 Å². The van der Waals surface area contributed by atoms with E-state index in [-0.39, 0.29) is 36.4 Å². The van der Waals surface area contributed by atoms with Gasteiger partial charge in [0.1, 0.15) is 17.3 Å². The van der Waals surface area contributed by atoms with Gasteiger partial charge in [-0.1, -0.05) is 6.07 Å². The molecule has 0 aliphatic carbocycles. The number of hydrogen-bond donors (Lipinski definition) is 2. The van der Waals surface area contributed by atoms with E-state index in [1.807, 2.05) is 0 Å². The van der Waals surface area contributed by atoms with Crippen molar-refractivity contribution in [3.8, 4) is 11.5 Å². The van der Waals surface area contributed by atoms with Crippen molar-refractivity contribution in [1.29, 1.82) is 0 Å². The number of aliphatic hydroxyl groups is 1. The van der Waals surface area contributed by atoms with Crippen molar-refractivity contribution < 1.29 is 38.0 Å². The normalized spacial score (nSPS) is 22.6. The summed E-state index contributed by atoms with van der Waals surface area (Å²) in [5, 5.41) is 13.1. The molecule has 0 bridgehead atoms. The van der Waals surface area contributed by atoms with E-state index in [1.54, 1.807) is 12.1 Å². The van der Waals surface area contributed by atoms with Crippen LogP contribution in [0, 0.1) is 5.82 Å². The number of benzene rings is 2. The number of rotatable bonds is 9. The number of Topliss-reactive ketones (excluding diaryl/α,β-unsaturated/α-hetero) is 1. The monoisotopic (exact) mass is 527 g/mol. The van der Waals surface area contributed by atoms with Gasteiger partial charge < -0.3 is 29.4 Å². The van der Waals surface area contributed by atoms with E-state index in [0.717, 1.165) is 30.6 Å². The zero-order valence-corrected chi connectivity index (χ0v) is 21.6. The molecule has 3 heterocycles. The number of amides is 1. The molecule has 0 unspecified atom stereocenters. The standard InChI is InChI=1S/C29H34FNO7/c1-35-28-21-8-12-38-27(21)18(15-22(28)29(34)31-24-9-11-36-16-26(24)33)13-17-4-6-20(23(30)14-17)25(32)7-5-19-3-2-10-37-19/h4,6,14-15,19,24,26,33H,2-3,5,7-13,16H2,1H3,(H,31,34)/t19-,24-,26-/m0/s1. The molecular formula is C29H34FNO7. The van der Waals surface area contributed by atoms with Gasteiger partial charge in [0.15, 0.2) is 5.78 Å². The van der Waals surface area contributed by atoms with Gasteiger partial charge in [0.05, 0.1) is 49.7 Å². The molecule has 9 heteroatoms. The van der Waals surface area contributed by atoms with Crippen molar-refractivity contribution in [3.05, 3.63) is 57.9 Å². The van der Waals surface area contributed by atoms with Crippen LogP contribution in [-0.4, -0.2) is 68.6 Å². The second-order valence-corrected chi connectivity index (χ2v) is 10.1. The highest BCUT2D eigenvalue weighted by Crippen LogP contribution is 2.40. The van der Waals surface area contributed by atoms with Crippen LogP contribution >= 0.6 is 0 Å². The van der Waals surface area contributed by atoms with E-state index in [1.165, 1.54) is 19.2 Å². The molecule has 2 saturated heterocycles. The predicted octanol–water partition coefficient (Wildman–Crippen LogP) is 3.38. The van der Waals surface area contributed by atoms with Crippen LogP contribution in [0.25, 0.3) is 0 Å². The molecule has 1 amide bonds. The van der Waals surface area contributed by atoms with Crippen molar-refractivity contribution in [2.75, 3.05) is 33.5 Å². The molecule has 0 aromatic heterocycles. The molecule has 38 heavy (non-hydrogen) atoms. The second kappa shape index (κ2) is 11.8. The van der Waals surface area contributed by atoms with Gasteiger partial charge in [-0.3, -0.25) is 9.59 Å². The summed E-state index contributed by atoms with van der Waals surface area (Å²) in [7, 11) is 1.51. The molecule has 204 valence electrons. The van der Waals surface area contributed by atoms with E-state index in [0.29, 0.717) is 61.5 Å². The van der Waals surface area contributed by atoms with Crippen molar-refractivity contribution in [2.24, 2.45) is 0 Å². The number of ketones is 1. The highest BCUT2D eigenvalue weighted by molar-refractivity contribution is 5.98. The fraction of sp³-hybridized carbons (Fsp3) is 0.517. The van der Waals surface area contributed by atoms with Gasteiger partial charge in [0, 0.05) is 38.0 Å². The van der Waals surface area contributed by atoms with Crippen LogP contribution in [0.15, 0.2) is 24.3 Å². The summed E-state index contributed by atoms with van der Waals surface area (Å²) in [5.41, 5.74) is 2.61. The van der Waals surface area contributed by atoms with Crippen molar-refractivity contribution in [1.82, 2.24) is 5.32 Å². The maximum atomic E-state index is 15.0. The molecule has 2 aromatic carbocycles. The number of ether oxygens (including phenoxy) is 4. The number of methoxy groups -OCH3 is 1. The first-order valence-electron chi connectivity index (χ1n) is 13.3. The molecule has 0 saturated carbocycles. The summed E-state index contributed by atoms with van der Waals surface area (Å²) in [6.45, 7) is 1.81. The van der Waals surface area contributed by atoms with Gasteiger partial charge in [-0.15, -0.1) is 0 Å². The van der Waals surface area contributed by atoms with Gasteiger partial charge >= 0.3 is 0 Å². The maximum absolute atomic E-state index is 15.0. The lowest BCUT2D eigenvalue weighted by Crippen LogP contribution is -2.48. The molecule has 2 fully saturated rings. The topological polar surface area (TPSA) is 103 Å². The van der Waals surface area contributed by atoms with Gasteiger partial charge in [0.2, 0.25) is 0 Å². The Morgan fingerprint density at radius 1 is 1.16 bits per heavy atom. The lowest BCUT2D eigenvalue weighted by atomic mass is 9.94. The van der Waals surface area contributed by atoms with Gasteiger partial charge in [0.25, 0.3) is 5.91 Å². The van der Waals surface area contributed by atoms with Crippen LogP contribution in [0.1, 0.15) is 69.5 Å². The third kappa shape index (κ3) is 5.70. The van der Waals surface area contributed by atoms with E-state index in [9.17, 15) is 19.1 Å². The van der Waals surface area contributed by atoms with E-state index in [2.05, 4.69) is 5.32 Å². The van der Waals surface area contributed by atoms with Crippen LogP contribution in [0.5, 0.6) is 11.5 Å². The van der Waals surface area contributed by atoms with Crippen LogP contribution in [0.4, 0.5) is 4.39 Å². The molecule has 2 aromatic rings. The largest absolute Gasteiger partial charge is 0.495 e. The molecule has 3 atom stereocenters. The van der Waals surface area contributed by atoms with E-state index < -0.39 is 18.0 Å². The summed E-state index contributed by atoms with van der Waals surface area (Å²) >= 11 is 0. The third-order valence-electron chi connectivity index (χ3n) is 7.54. The Morgan fingerprint density at radius 3 is 2.76 bits per heavy atom. The molecule has 5 rings (SSSR count). The SMILES string of the molecule is COc1c(C(=O)N[C@H]2CCOC[C@@H]2O)cc(Cc2ccc(C(=O)CC[C@@H]3CCCO3)c(F)c2)c2c1CCO2. The first kappa shape index (κ1) is 26.6. The number of aliphatic hydroxyl groups excluding tert-OH is 1. The van der Waals surface area contributed by atoms with Crippen LogP contribution in [0.2, 0.25) is 0 Å². The number of nitrogens with one attached hydrogen (secondary N) is 1. The quantitative estimate of drug-likeness (QED) is 0.482. The summed E-state index contributed by atoms with van der Waals surface area (Å²) in [6, 6.07) is 5.94. The van der Waals surface area contributed by atoms with Crippen LogP contribution in [-0.2, 0) is 22.3 Å². The summed E-state index contributed by atoms with van der Waals surface area (Å²) in [6.07, 6.45) is 3.50. The molecule has 0 spiro atoms. The second-order valence-electron chi connectivity index (χ2n) is 10.1. The minimum Gasteiger partial charge on any atom is -0.495 e. The Labute approximate surface area is 221 Å². The molecule has 2 N–H and O–H groups in total. The summed E-state index contributed by atoms with van der Waals surface area (Å²) < 4.78 is 37.3. The number of carbonyl (C=O) groups is 2. The highest BCUT2D eigenvalue weighted by atomic mass is 19.1. The number of fused-ring (bicyclic) bond motifs is 1. The first-order chi connectivity index (χ1) is 18.4. The minimum absolute atomic E-state index is 0.0815. The molecular weight excluding hydrogens is 493 g/mol. The Balaban J connectivity index is 1.35. The van der Waals surface area contributed by atoms with Crippen LogP contribution in [0.3, 0.4) is 0 Å². The predicted molar refractivity (Wildman–Crippen MR) is 137 cm³/mol. The lowest BCUT2D eigenvalue weighted by molar-refractivity contribution is -0.0261. The Kier molecular flexibility index (Phi) is 8.26. The minimum atomic E-state index is -0.786. The van der Waals surface area contributed by atoms with Crippen molar-refractivity contribution in [2.45, 2.75) is 63.2 Å². The fourth-order valence-corrected chi connectivity index (χ4v) is 5.51. The first-order valence-corrected chi connectivity index (χ1v) is 13.3. The third-order valence-corrected chi connectivity index (χ3v) is 7.54. The summed E-state index contributed by atoms with van der Waals surface area (Å²) in [5.74, 6) is -0.0627. The molecule has 3 aliphatic rings. The Bertz CT molecular complexity index is 1190. The van der Waals surface area contributed by atoms with E-state index in [4.69, 9.17) is 18.9 Å². The van der Waals surface area contributed by atoms with Crippen molar-refractivity contribution in [3.63, 3.8) is 0 Å². The average Bonchev–Trinajstić information content (AvgIpc) is 3.61. The smallest absolute Gasteiger partial charge is 0.255 e. The zero-order chi connectivity index (χ0) is 26.6.